The number of carbonyl (C=O) groups excluding carboxylic acids is 1. The molecular weight excluding hydrogens is 252 g/mol. The molecule has 0 aliphatic heterocycles. The van der Waals surface area contributed by atoms with Crippen LogP contribution in [0.1, 0.15) is 9.67 Å². The fourth-order valence-electron chi connectivity index (χ4n) is 1.46. The highest BCUT2D eigenvalue weighted by atomic mass is 32.2. The monoisotopic (exact) mass is 264 g/mol. The lowest BCUT2D eigenvalue weighted by molar-refractivity contribution is 0.0606. The molecule has 0 saturated heterocycles. The number of thiophene rings is 1. The van der Waals surface area contributed by atoms with E-state index in [1.165, 1.54) is 23.3 Å². The van der Waals surface area contributed by atoms with E-state index in [-0.39, 0.29) is 5.97 Å². The van der Waals surface area contributed by atoms with Crippen molar-refractivity contribution in [2.75, 3.05) is 13.4 Å². The first-order valence-corrected chi connectivity index (χ1v) is 7.11. The predicted octanol–water partition coefficient (Wildman–Crippen LogP) is 3.92. The van der Waals surface area contributed by atoms with E-state index in [0.717, 1.165) is 10.4 Å². The van der Waals surface area contributed by atoms with Crippen molar-refractivity contribution in [1.29, 1.82) is 0 Å². The highest BCUT2D eigenvalue weighted by molar-refractivity contribution is 7.98. The van der Waals surface area contributed by atoms with Gasteiger partial charge in [0.2, 0.25) is 0 Å². The van der Waals surface area contributed by atoms with Crippen molar-refractivity contribution in [3.05, 3.63) is 41.3 Å². The zero-order chi connectivity index (χ0) is 12.3. The third kappa shape index (κ3) is 2.70. The summed E-state index contributed by atoms with van der Waals surface area (Å²) in [6.45, 7) is 0. The van der Waals surface area contributed by atoms with E-state index < -0.39 is 0 Å². The van der Waals surface area contributed by atoms with E-state index in [4.69, 9.17) is 4.74 Å². The molecule has 0 aliphatic carbocycles. The summed E-state index contributed by atoms with van der Waals surface area (Å²) in [6, 6.07) is 12.0. The molecule has 0 aliphatic rings. The Labute approximate surface area is 109 Å². The second-order valence-corrected chi connectivity index (χ2v) is 5.35. The summed E-state index contributed by atoms with van der Waals surface area (Å²) in [7, 11) is 1.40. The molecule has 0 saturated carbocycles. The smallest absolute Gasteiger partial charge is 0.348 e. The van der Waals surface area contributed by atoms with Gasteiger partial charge < -0.3 is 4.74 Å². The highest BCUT2D eigenvalue weighted by Gasteiger charge is 2.09. The van der Waals surface area contributed by atoms with Crippen molar-refractivity contribution < 1.29 is 9.53 Å². The molecule has 4 heteroatoms. The van der Waals surface area contributed by atoms with Crippen LogP contribution in [-0.4, -0.2) is 19.3 Å². The zero-order valence-corrected chi connectivity index (χ0v) is 11.2. The maximum atomic E-state index is 11.3. The first kappa shape index (κ1) is 12.2. The van der Waals surface area contributed by atoms with Gasteiger partial charge in [-0.2, -0.15) is 0 Å². The summed E-state index contributed by atoms with van der Waals surface area (Å²) >= 11 is 3.17. The van der Waals surface area contributed by atoms with Gasteiger partial charge in [-0.05, 0) is 36.1 Å². The Balaban J connectivity index is 2.27. The average Bonchev–Trinajstić information content (AvgIpc) is 2.87. The van der Waals surface area contributed by atoms with E-state index in [1.54, 1.807) is 17.8 Å². The van der Waals surface area contributed by atoms with Crippen LogP contribution in [0.15, 0.2) is 41.3 Å². The van der Waals surface area contributed by atoms with Gasteiger partial charge in [0.1, 0.15) is 4.88 Å². The van der Waals surface area contributed by atoms with Gasteiger partial charge in [0.25, 0.3) is 0 Å². The van der Waals surface area contributed by atoms with Gasteiger partial charge in [-0.15, -0.1) is 23.1 Å². The molecule has 17 heavy (non-hydrogen) atoms. The van der Waals surface area contributed by atoms with Gasteiger partial charge in [0, 0.05) is 9.77 Å². The first-order chi connectivity index (χ1) is 8.24. The van der Waals surface area contributed by atoms with Gasteiger partial charge in [-0.3, -0.25) is 0 Å². The molecule has 2 nitrogen and oxygen atoms in total. The number of benzene rings is 1. The van der Waals surface area contributed by atoms with E-state index >= 15 is 0 Å². The topological polar surface area (TPSA) is 26.3 Å². The van der Waals surface area contributed by atoms with E-state index in [9.17, 15) is 4.79 Å². The Morgan fingerprint density at radius 3 is 2.47 bits per heavy atom. The summed E-state index contributed by atoms with van der Waals surface area (Å²) in [5.74, 6) is -0.276. The van der Waals surface area contributed by atoms with Gasteiger partial charge in [-0.1, -0.05) is 12.1 Å². The van der Waals surface area contributed by atoms with Crippen LogP contribution in [0.25, 0.3) is 10.4 Å². The van der Waals surface area contributed by atoms with Crippen LogP contribution in [0.3, 0.4) is 0 Å². The maximum Gasteiger partial charge on any atom is 0.348 e. The summed E-state index contributed by atoms with van der Waals surface area (Å²) in [4.78, 5) is 14.3. The second-order valence-electron chi connectivity index (χ2n) is 3.38. The van der Waals surface area contributed by atoms with Crippen LogP contribution < -0.4 is 0 Å². The molecule has 0 unspecified atom stereocenters. The molecule has 0 N–H and O–H groups in total. The molecule has 0 bridgehead atoms. The molecule has 0 fully saturated rings. The lowest BCUT2D eigenvalue weighted by Gasteiger charge is -1.99. The summed E-state index contributed by atoms with van der Waals surface area (Å²) in [6.07, 6.45) is 2.05. The second kappa shape index (κ2) is 5.38. The van der Waals surface area contributed by atoms with Crippen LogP contribution in [-0.2, 0) is 4.74 Å². The Morgan fingerprint density at radius 2 is 1.88 bits per heavy atom. The van der Waals surface area contributed by atoms with E-state index in [0.29, 0.717) is 4.88 Å². The van der Waals surface area contributed by atoms with Gasteiger partial charge in [-0.25, -0.2) is 4.79 Å². The first-order valence-electron chi connectivity index (χ1n) is 5.07. The molecule has 1 aromatic heterocycles. The van der Waals surface area contributed by atoms with Crippen molar-refractivity contribution in [2.45, 2.75) is 4.90 Å². The minimum Gasteiger partial charge on any atom is -0.465 e. The van der Waals surface area contributed by atoms with Crippen LogP contribution in [0.4, 0.5) is 0 Å². The normalized spacial score (nSPS) is 10.2. The van der Waals surface area contributed by atoms with Gasteiger partial charge in [0.05, 0.1) is 7.11 Å². The fraction of sp³-hybridized carbons (Fsp3) is 0.154. The molecule has 1 aromatic carbocycles. The molecule has 0 amide bonds. The fourth-order valence-corrected chi connectivity index (χ4v) is 2.80. The minimum atomic E-state index is -0.276. The average molecular weight is 264 g/mol. The molecule has 0 atom stereocenters. The predicted molar refractivity (Wildman–Crippen MR) is 72.9 cm³/mol. The van der Waals surface area contributed by atoms with Crippen LogP contribution in [0.5, 0.6) is 0 Å². The van der Waals surface area contributed by atoms with Crippen LogP contribution >= 0.6 is 23.1 Å². The molecular formula is C13H12O2S2. The lowest BCUT2D eigenvalue weighted by atomic mass is 10.2. The van der Waals surface area contributed by atoms with Gasteiger partial charge >= 0.3 is 5.97 Å². The van der Waals surface area contributed by atoms with Crippen molar-refractivity contribution in [3.63, 3.8) is 0 Å². The largest absolute Gasteiger partial charge is 0.465 e. The Kier molecular flexibility index (Phi) is 3.86. The third-order valence-electron chi connectivity index (χ3n) is 2.37. The van der Waals surface area contributed by atoms with Gasteiger partial charge in [0.15, 0.2) is 0 Å². The number of thioether (sulfide) groups is 1. The van der Waals surface area contributed by atoms with Crippen molar-refractivity contribution >= 4 is 29.1 Å². The number of methoxy groups -OCH3 is 1. The molecule has 88 valence electrons. The quantitative estimate of drug-likeness (QED) is 0.621. The van der Waals surface area contributed by atoms with E-state index in [1.807, 2.05) is 6.07 Å². The summed E-state index contributed by atoms with van der Waals surface area (Å²) in [5, 5.41) is 0. The Hall–Kier alpha value is -1.26. The highest BCUT2D eigenvalue weighted by Crippen LogP contribution is 2.29. The van der Waals surface area contributed by atoms with Crippen LogP contribution in [0.2, 0.25) is 0 Å². The Bertz CT molecular complexity index is 514. The Morgan fingerprint density at radius 1 is 1.18 bits per heavy atom. The molecule has 0 spiro atoms. The number of esters is 1. The standard InChI is InChI=1S/C13H12O2S2/c1-15-13(14)12-8-7-11(17-12)9-3-5-10(16-2)6-4-9/h3-8H,1-2H3. The minimum absolute atomic E-state index is 0.276. The van der Waals surface area contributed by atoms with Crippen LogP contribution in [0, 0.1) is 0 Å². The number of rotatable bonds is 3. The SMILES string of the molecule is COC(=O)c1ccc(-c2ccc(SC)cc2)s1. The number of hydrogen-bond donors (Lipinski definition) is 0. The lowest BCUT2D eigenvalue weighted by Crippen LogP contribution is -1.96. The molecule has 2 aromatic rings. The zero-order valence-electron chi connectivity index (χ0n) is 9.60. The van der Waals surface area contributed by atoms with E-state index in [2.05, 4.69) is 30.5 Å². The van der Waals surface area contributed by atoms with Crippen molar-refractivity contribution in [2.24, 2.45) is 0 Å². The third-order valence-corrected chi connectivity index (χ3v) is 4.23. The summed E-state index contributed by atoms with van der Waals surface area (Å²) in [5.41, 5.74) is 1.13. The number of hydrogen-bond acceptors (Lipinski definition) is 4. The van der Waals surface area contributed by atoms with Crippen molar-refractivity contribution in [1.82, 2.24) is 0 Å². The summed E-state index contributed by atoms with van der Waals surface area (Å²) < 4.78 is 4.69. The molecule has 2 rings (SSSR count). The molecule has 1 heterocycles. The molecule has 0 radical (unpaired) electrons. The van der Waals surface area contributed by atoms with Crippen molar-refractivity contribution in [3.8, 4) is 10.4 Å². The number of carbonyl (C=O) groups is 1. The maximum absolute atomic E-state index is 11.3. The number of ether oxygens (including phenoxy) is 1.